The number of nitrogens with zero attached hydrogens (tertiary/aromatic N) is 2. The largest absolute Gasteiger partial charge is 0.493 e. The number of methoxy groups -OCH3 is 1. The molecule has 2 aromatic carbocycles. The van der Waals surface area contributed by atoms with E-state index >= 15 is 0 Å². The first kappa shape index (κ1) is 30.3. The van der Waals surface area contributed by atoms with Crippen molar-refractivity contribution in [2.45, 2.75) is 76.2 Å². The minimum absolute atomic E-state index is 0.142. The number of carbonyl (C=O) groups is 2. The number of likely N-dealkylation sites (N-methyl/N-ethyl adjacent to an activating group) is 1. The molecule has 5 atom stereocenters. The zero-order valence-electron chi connectivity index (χ0n) is 25.6. The first-order valence-electron chi connectivity index (χ1n) is 15.1. The van der Waals surface area contributed by atoms with Gasteiger partial charge in [-0.25, -0.2) is 0 Å². The highest BCUT2D eigenvalue weighted by Crippen LogP contribution is 2.65. The lowest BCUT2D eigenvalue weighted by molar-refractivity contribution is -0.138. The maximum absolute atomic E-state index is 13.8. The van der Waals surface area contributed by atoms with Crippen LogP contribution in [-0.2, 0) is 27.6 Å². The van der Waals surface area contributed by atoms with E-state index in [0.29, 0.717) is 29.4 Å². The molecular formula is C34H37F3N2O5. The normalized spacial score (nSPS) is 26.7. The number of alkyl halides is 3. The van der Waals surface area contributed by atoms with Gasteiger partial charge in [-0.3, -0.25) is 9.59 Å². The predicted octanol–water partition coefficient (Wildman–Crippen LogP) is 5.21. The summed E-state index contributed by atoms with van der Waals surface area (Å²) >= 11 is 0. The first-order chi connectivity index (χ1) is 20.8. The number of ether oxygens (including phenoxy) is 3. The fraction of sp³-hybridized carbons (Fsp3) is 0.529. The predicted molar refractivity (Wildman–Crippen MR) is 157 cm³/mol. The number of amides is 1. The number of rotatable bonds is 5. The van der Waals surface area contributed by atoms with Crippen molar-refractivity contribution in [3.8, 4) is 29.1 Å². The summed E-state index contributed by atoms with van der Waals surface area (Å²) < 4.78 is 57.5. The quantitative estimate of drug-likeness (QED) is 0.263. The summed E-state index contributed by atoms with van der Waals surface area (Å²) in [4.78, 5) is 30.2. The van der Waals surface area contributed by atoms with Crippen LogP contribution in [0.1, 0.15) is 62.3 Å². The van der Waals surface area contributed by atoms with Crippen molar-refractivity contribution >= 4 is 11.9 Å². The molecule has 0 radical (unpaired) electrons. The summed E-state index contributed by atoms with van der Waals surface area (Å²) in [7, 11) is 3.71. The Morgan fingerprint density at radius 3 is 2.55 bits per heavy atom. The maximum Gasteiger partial charge on any atom is 0.416 e. The Kier molecular flexibility index (Phi) is 7.60. The number of carbonyl (C=O) groups excluding carboxylic acids is 2. The van der Waals surface area contributed by atoms with Crippen molar-refractivity contribution < 1.29 is 37.0 Å². The molecule has 2 bridgehead atoms. The van der Waals surface area contributed by atoms with Crippen LogP contribution in [0.4, 0.5) is 13.2 Å². The number of halogens is 3. The zero-order chi connectivity index (χ0) is 31.6. The lowest BCUT2D eigenvalue weighted by atomic mass is 9.51. The highest BCUT2D eigenvalue weighted by molar-refractivity contribution is 5.94. The van der Waals surface area contributed by atoms with Crippen LogP contribution in [-0.4, -0.2) is 67.1 Å². The number of benzene rings is 2. The lowest BCUT2D eigenvalue weighted by Gasteiger charge is -2.60. The molecule has 2 aliphatic heterocycles. The summed E-state index contributed by atoms with van der Waals surface area (Å²) in [6, 6.07) is 6.19. The van der Waals surface area contributed by atoms with Gasteiger partial charge in [-0.05, 0) is 75.4 Å². The van der Waals surface area contributed by atoms with Crippen LogP contribution in [0.5, 0.6) is 17.2 Å². The molecule has 2 aromatic rings. The lowest BCUT2D eigenvalue weighted by Crippen LogP contribution is -2.68. The molecule has 2 fully saturated rings. The molecule has 0 N–H and O–H groups in total. The third-order valence-corrected chi connectivity index (χ3v) is 9.86. The van der Waals surface area contributed by atoms with Gasteiger partial charge in [0, 0.05) is 53.6 Å². The van der Waals surface area contributed by atoms with Crippen molar-refractivity contribution in [3.63, 3.8) is 0 Å². The molecule has 0 unspecified atom stereocenters. The van der Waals surface area contributed by atoms with Gasteiger partial charge in [0.05, 0.1) is 18.7 Å². The van der Waals surface area contributed by atoms with E-state index in [1.165, 1.54) is 19.1 Å². The second-order valence-corrected chi connectivity index (χ2v) is 12.9. The van der Waals surface area contributed by atoms with Gasteiger partial charge in [-0.15, -0.1) is 0 Å². The van der Waals surface area contributed by atoms with Gasteiger partial charge in [0.25, 0.3) is 5.91 Å². The third kappa shape index (κ3) is 4.90. The Hall–Kier alpha value is -3.71. The molecule has 4 aliphatic rings. The van der Waals surface area contributed by atoms with Crippen LogP contribution in [0.2, 0.25) is 0 Å². The van der Waals surface area contributed by atoms with Gasteiger partial charge < -0.3 is 24.0 Å². The smallest absolute Gasteiger partial charge is 0.416 e. The molecule has 1 saturated carbocycles. The van der Waals surface area contributed by atoms with Crippen molar-refractivity contribution in [2.24, 2.45) is 11.8 Å². The van der Waals surface area contributed by atoms with E-state index in [1.54, 1.807) is 13.2 Å². The molecule has 7 nitrogen and oxygen atoms in total. The van der Waals surface area contributed by atoms with Crippen molar-refractivity contribution in [3.05, 3.63) is 52.6 Å². The Morgan fingerprint density at radius 1 is 1.18 bits per heavy atom. The second-order valence-electron chi connectivity index (χ2n) is 12.9. The Morgan fingerprint density at radius 2 is 1.91 bits per heavy atom. The Balaban J connectivity index is 1.40. The summed E-state index contributed by atoms with van der Waals surface area (Å²) in [6.45, 7) is 6.78. The number of piperidine rings is 1. The molecule has 2 heterocycles. The summed E-state index contributed by atoms with van der Waals surface area (Å²) in [5, 5.41) is 0. The monoisotopic (exact) mass is 610 g/mol. The second kappa shape index (κ2) is 11.0. The number of esters is 1. The minimum atomic E-state index is -4.44. The molecule has 6 rings (SSSR count). The fourth-order valence-electron chi connectivity index (χ4n) is 8.17. The SMILES string of the molecule is COc1cc(OC(C)=O)c2c3c1O[C@H]1[C@H](N(CC(C)C)C(=O)C#Cc4ccc(C(F)(F)F)cc4)CC[C@H]4[C@@H](C2)N(C)CC[C@@]341. The molecule has 1 amide bonds. The summed E-state index contributed by atoms with van der Waals surface area (Å²) in [5.74, 6) is 6.81. The first-order valence-corrected chi connectivity index (χ1v) is 15.1. The van der Waals surface area contributed by atoms with Crippen LogP contribution in [0.15, 0.2) is 30.3 Å². The highest BCUT2D eigenvalue weighted by atomic mass is 19.4. The number of hydrogen-bond donors (Lipinski definition) is 0. The van der Waals surface area contributed by atoms with Crippen LogP contribution >= 0.6 is 0 Å². The molecule has 0 aromatic heterocycles. The summed E-state index contributed by atoms with van der Waals surface area (Å²) in [6.07, 6.45) is -1.65. The molecule has 10 heteroatoms. The van der Waals surface area contributed by atoms with E-state index in [9.17, 15) is 22.8 Å². The van der Waals surface area contributed by atoms with Gasteiger partial charge in [-0.2, -0.15) is 13.2 Å². The van der Waals surface area contributed by atoms with Crippen LogP contribution < -0.4 is 14.2 Å². The van der Waals surface area contributed by atoms with Crippen molar-refractivity contribution in [2.75, 3.05) is 27.2 Å². The van der Waals surface area contributed by atoms with Crippen molar-refractivity contribution in [1.29, 1.82) is 0 Å². The number of hydrogen-bond acceptors (Lipinski definition) is 6. The molecule has 1 spiro atoms. The van der Waals surface area contributed by atoms with Crippen molar-refractivity contribution in [1.82, 2.24) is 9.80 Å². The van der Waals surface area contributed by atoms with Gasteiger partial charge in [-0.1, -0.05) is 19.8 Å². The fourth-order valence-corrected chi connectivity index (χ4v) is 8.17. The van der Waals surface area contributed by atoms with Crippen LogP contribution in [0, 0.1) is 23.7 Å². The van der Waals surface area contributed by atoms with E-state index in [2.05, 4.69) is 23.8 Å². The number of likely N-dealkylation sites (tertiary alicyclic amines) is 1. The van der Waals surface area contributed by atoms with Gasteiger partial charge in [0.15, 0.2) is 11.5 Å². The van der Waals surface area contributed by atoms with E-state index in [4.69, 9.17) is 14.2 Å². The average Bonchev–Trinajstić information content (AvgIpc) is 3.31. The third-order valence-electron chi connectivity index (χ3n) is 9.86. The molecule has 1 saturated heterocycles. The van der Waals surface area contributed by atoms with E-state index in [1.807, 2.05) is 18.7 Å². The van der Waals surface area contributed by atoms with Crippen LogP contribution in [0.25, 0.3) is 0 Å². The van der Waals surface area contributed by atoms with Gasteiger partial charge in [0.1, 0.15) is 11.9 Å². The van der Waals surface area contributed by atoms with E-state index in [0.717, 1.165) is 55.5 Å². The molecular weight excluding hydrogens is 573 g/mol. The standard InChI is InChI=1S/C34H37F3N2O5/c1-19(2)18-39(29(41)13-8-21-6-9-22(10-7-21)34(35,36)37)25-12-11-24-26-16-23-27(43-20(3)40)17-28(42-5)31-30(23)33(24,32(25)44-31)14-15-38(26)4/h6-7,9-10,17,19,24-26,32H,11-12,14-16,18H2,1-5H3/t24-,25+,26+,32-,33-/m0/s1. The maximum atomic E-state index is 13.8. The van der Waals surface area contributed by atoms with E-state index < -0.39 is 23.1 Å². The minimum Gasteiger partial charge on any atom is -0.493 e. The molecule has 44 heavy (non-hydrogen) atoms. The van der Waals surface area contributed by atoms with Gasteiger partial charge >= 0.3 is 12.1 Å². The summed E-state index contributed by atoms with van der Waals surface area (Å²) in [5.41, 5.74) is 1.18. The zero-order valence-corrected chi connectivity index (χ0v) is 25.6. The van der Waals surface area contributed by atoms with E-state index in [-0.39, 0.29) is 35.9 Å². The Labute approximate surface area is 255 Å². The molecule has 2 aliphatic carbocycles. The highest BCUT2D eigenvalue weighted by Gasteiger charge is 2.67. The Bertz CT molecular complexity index is 1540. The topological polar surface area (TPSA) is 68.3 Å². The van der Waals surface area contributed by atoms with Crippen LogP contribution in [0.3, 0.4) is 0 Å². The van der Waals surface area contributed by atoms with Gasteiger partial charge in [0.2, 0.25) is 0 Å². The molecule has 234 valence electrons. The average molecular weight is 611 g/mol.